The van der Waals surface area contributed by atoms with Gasteiger partial charge in [0.1, 0.15) is 0 Å². The predicted octanol–water partition coefficient (Wildman–Crippen LogP) is 8.40. The second-order valence-corrected chi connectivity index (χ2v) is 9.31. The summed E-state index contributed by atoms with van der Waals surface area (Å²) in [5.74, 6) is 0.509. The Morgan fingerprint density at radius 3 is 2.06 bits per heavy atom. The molecule has 4 aromatic rings. The lowest BCUT2D eigenvalue weighted by molar-refractivity contribution is 0.641. The Morgan fingerprint density at radius 1 is 0.645 bits per heavy atom. The summed E-state index contributed by atoms with van der Waals surface area (Å²) in [6.45, 7) is 7.06. The van der Waals surface area contributed by atoms with Gasteiger partial charge in [0.05, 0.1) is 0 Å². The van der Waals surface area contributed by atoms with Gasteiger partial charge in [-0.3, -0.25) is 0 Å². The molecule has 0 amide bonds. The summed E-state index contributed by atoms with van der Waals surface area (Å²) in [5, 5.41) is 0. The van der Waals surface area contributed by atoms with E-state index in [4.69, 9.17) is 0 Å². The van der Waals surface area contributed by atoms with Crippen LogP contribution in [0.5, 0.6) is 0 Å². The lowest BCUT2D eigenvalue weighted by Gasteiger charge is -2.24. The van der Waals surface area contributed by atoms with Crippen molar-refractivity contribution in [3.8, 4) is 22.3 Å². The first-order valence-electron chi connectivity index (χ1n) is 11.5. The summed E-state index contributed by atoms with van der Waals surface area (Å²) >= 11 is 0. The maximum atomic E-state index is 2.49. The summed E-state index contributed by atoms with van der Waals surface area (Å²) in [5.41, 5.74) is 11.3. The van der Waals surface area contributed by atoms with E-state index in [-0.39, 0.29) is 5.41 Å². The van der Waals surface area contributed by atoms with Crippen molar-refractivity contribution in [2.75, 3.05) is 0 Å². The monoisotopic (exact) mass is 402 g/mol. The summed E-state index contributed by atoms with van der Waals surface area (Å²) in [4.78, 5) is 0. The fourth-order valence-electron chi connectivity index (χ4n) is 5.34. The molecule has 0 N–H and O–H groups in total. The van der Waals surface area contributed by atoms with E-state index in [1.807, 2.05) is 0 Å². The van der Waals surface area contributed by atoms with Gasteiger partial charge in [-0.05, 0) is 63.3 Å². The Labute approximate surface area is 186 Å². The molecule has 0 aromatic heterocycles. The smallest absolute Gasteiger partial charge is 0.0158 e. The Kier molecular flexibility index (Phi) is 5.02. The molecule has 1 aliphatic rings. The highest BCUT2D eigenvalue weighted by Crippen LogP contribution is 2.49. The molecule has 0 bridgehead atoms. The number of fused-ring (bicyclic) bond motifs is 3. The highest BCUT2D eigenvalue weighted by molar-refractivity contribution is 5.81. The van der Waals surface area contributed by atoms with Crippen molar-refractivity contribution in [2.45, 2.75) is 44.9 Å². The molecule has 0 fully saturated rings. The zero-order valence-corrected chi connectivity index (χ0v) is 18.7. The van der Waals surface area contributed by atoms with Gasteiger partial charge in [0.15, 0.2) is 0 Å². The van der Waals surface area contributed by atoms with E-state index >= 15 is 0 Å². The molecule has 0 radical (unpaired) electrons. The van der Waals surface area contributed by atoms with Gasteiger partial charge >= 0.3 is 0 Å². The predicted molar refractivity (Wildman–Crippen MR) is 133 cm³/mol. The van der Waals surface area contributed by atoms with Crippen molar-refractivity contribution in [3.63, 3.8) is 0 Å². The highest BCUT2D eigenvalue weighted by Gasteiger charge is 2.35. The molecule has 4 aromatic carbocycles. The topological polar surface area (TPSA) is 0 Å². The minimum atomic E-state index is 0.0577. The molecule has 1 atom stereocenters. The third-order valence-corrected chi connectivity index (χ3v) is 7.14. The second kappa shape index (κ2) is 7.85. The van der Waals surface area contributed by atoms with Crippen molar-refractivity contribution in [2.24, 2.45) is 0 Å². The first kappa shape index (κ1) is 19.8. The van der Waals surface area contributed by atoms with Crippen molar-refractivity contribution >= 4 is 0 Å². The molecule has 0 spiro atoms. The van der Waals surface area contributed by atoms with E-state index in [1.165, 1.54) is 44.5 Å². The van der Waals surface area contributed by atoms with E-state index in [9.17, 15) is 0 Å². The van der Waals surface area contributed by atoms with Crippen LogP contribution in [0.2, 0.25) is 0 Å². The molecule has 0 heterocycles. The van der Waals surface area contributed by atoms with Gasteiger partial charge in [0, 0.05) is 5.41 Å². The van der Waals surface area contributed by atoms with Crippen LogP contribution < -0.4 is 0 Å². The Balaban J connectivity index is 1.52. The van der Waals surface area contributed by atoms with Gasteiger partial charge < -0.3 is 0 Å². The first-order valence-corrected chi connectivity index (χ1v) is 11.5. The minimum absolute atomic E-state index is 0.0577. The molecule has 0 saturated heterocycles. The molecule has 0 heteroatoms. The molecule has 0 aliphatic heterocycles. The quantitative estimate of drug-likeness (QED) is 0.314. The third kappa shape index (κ3) is 3.41. The highest BCUT2D eigenvalue weighted by atomic mass is 14.4. The SMILES string of the molecule is CCC(Cc1ccccc1-c1ccccc1)c1ccc2c(c1)C(C)(C)c1ccccc1-2. The maximum absolute atomic E-state index is 2.49. The molecule has 0 saturated carbocycles. The molecule has 31 heavy (non-hydrogen) atoms. The lowest BCUT2D eigenvalue weighted by atomic mass is 9.80. The largest absolute Gasteiger partial charge is 0.0648 e. The molecule has 1 unspecified atom stereocenters. The van der Waals surface area contributed by atoms with Crippen LogP contribution in [0.15, 0.2) is 97.1 Å². The average molecular weight is 403 g/mol. The van der Waals surface area contributed by atoms with Crippen molar-refractivity contribution in [3.05, 3.63) is 119 Å². The summed E-state index contributed by atoms with van der Waals surface area (Å²) in [7, 11) is 0. The van der Waals surface area contributed by atoms with Crippen molar-refractivity contribution in [1.82, 2.24) is 0 Å². The molecular formula is C31H30. The molecule has 154 valence electrons. The molecule has 5 rings (SSSR count). The van der Waals surface area contributed by atoms with Gasteiger partial charge in [-0.2, -0.15) is 0 Å². The van der Waals surface area contributed by atoms with E-state index in [0.29, 0.717) is 5.92 Å². The van der Waals surface area contributed by atoms with Gasteiger partial charge in [-0.15, -0.1) is 0 Å². The van der Waals surface area contributed by atoms with Gasteiger partial charge in [-0.25, -0.2) is 0 Å². The van der Waals surface area contributed by atoms with Crippen LogP contribution in [0.3, 0.4) is 0 Å². The fourth-order valence-corrected chi connectivity index (χ4v) is 5.34. The van der Waals surface area contributed by atoms with Gasteiger partial charge in [0.25, 0.3) is 0 Å². The van der Waals surface area contributed by atoms with Gasteiger partial charge in [0.2, 0.25) is 0 Å². The van der Waals surface area contributed by atoms with Crippen LogP contribution >= 0.6 is 0 Å². The van der Waals surface area contributed by atoms with Crippen LogP contribution in [-0.4, -0.2) is 0 Å². The van der Waals surface area contributed by atoms with Crippen molar-refractivity contribution in [1.29, 1.82) is 0 Å². The molecule has 1 aliphatic carbocycles. The summed E-state index contributed by atoms with van der Waals surface area (Å²) in [6.07, 6.45) is 2.20. The number of hydrogen-bond acceptors (Lipinski definition) is 0. The normalized spacial score (nSPS) is 14.7. The number of rotatable bonds is 5. The Bertz CT molecular complexity index is 1210. The van der Waals surface area contributed by atoms with Crippen LogP contribution in [0.1, 0.15) is 55.4 Å². The lowest BCUT2D eigenvalue weighted by Crippen LogP contribution is -2.15. The minimum Gasteiger partial charge on any atom is -0.0648 e. The van der Waals surface area contributed by atoms with E-state index in [2.05, 4.69) is 118 Å². The zero-order chi connectivity index (χ0) is 21.4. The number of benzene rings is 4. The second-order valence-electron chi connectivity index (χ2n) is 9.31. The Morgan fingerprint density at radius 2 is 1.29 bits per heavy atom. The van der Waals surface area contributed by atoms with E-state index < -0.39 is 0 Å². The molecule has 0 nitrogen and oxygen atoms in total. The third-order valence-electron chi connectivity index (χ3n) is 7.14. The standard InChI is InChI=1S/C31H30/c1-4-22(20-25-14-8-9-15-26(25)23-12-6-5-7-13-23)24-18-19-28-27-16-10-11-17-29(27)31(2,3)30(28)21-24/h5-19,21-22H,4,20H2,1-3H3. The average Bonchev–Trinajstić information content (AvgIpc) is 3.05. The summed E-state index contributed by atoms with van der Waals surface area (Å²) in [6, 6.07) is 35.8. The number of hydrogen-bond donors (Lipinski definition) is 0. The van der Waals surface area contributed by atoms with E-state index in [1.54, 1.807) is 0 Å². The molecular weight excluding hydrogens is 372 g/mol. The zero-order valence-electron chi connectivity index (χ0n) is 18.7. The van der Waals surface area contributed by atoms with Crippen LogP contribution in [0.25, 0.3) is 22.3 Å². The fraction of sp³-hybridized carbons (Fsp3) is 0.226. The van der Waals surface area contributed by atoms with Gasteiger partial charge in [-0.1, -0.05) is 118 Å². The van der Waals surface area contributed by atoms with Crippen LogP contribution in [-0.2, 0) is 11.8 Å². The van der Waals surface area contributed by atoms with Crippen LogP contribution in [0, 0.1) is 0 Å². The first-order chi connectivity index (χ1) is 15.1. The van der Waals surface area contributed by atoms with Crippen LogP contribution in [0.4, 0.5) is 0 Å². The van der Waals surface area contributed by atoms with E-state index in [0.717, 1.165) is 12.8 Å². The van der Waals surface area contributed by atoms with Crippen molar-refractivity contribution < 1.29 is 0 Å². The summed E-state index contributed by atoms with van der Waals surface area (Å²) < 4.78 is 0. The Hall–Kier alpha value is -3.12. The maximum Gasteiger partial charge on any atom is 0.0158 e.